The summed E-state index contributed by atoms with van der Waals surface area (Å²) >= 11 is 0. The molecule has 0 aliphatic heterocycles. The summed E-state index contributed by atoms with van der Waals surface area (Å²) in [6.07, 6.45) is 20.1. The van der Waals surface area contributed by atoms with Gasteiger partial charge in [-0.2, -0.15) is 0 Å². The number of unbranched alkanes of at least 4 members (excludes halogenated alkanes) is 12. The summed E-state index contributed by atoms with van der Waals surface area (Å²) in [4.78, 5) is 0. The molecule has 0 heterocycles. The molecule has 0 radical (unpaired) electrons. The van der Waals surface area contributed by atoms with Crippen molar-refractivity contribution in [3.05, 3.63) is 0 Å². The van der Waals surface area contributed by atoms with Crippen LogP contribution in [0.2, 0.25) is 0 Å². The Hall–Kier alpha value is -0.0400. The van der Waals surface area contributed by atoms with Gasteiger partial charge in [-0.25, -0.2) is 0 Å². The molecule has 1 atom stereocenters. The molecular formula is C18H38O. The van der Waals surface area contributed by atoms with E-state index in [0.29, 0.717) is 0 Å². The molecule has 1 nitrogen and oxygen atoms in total. The van der Waals surface area contributed by atoms with E-state index in [1.54, 1.807) is 0 Å². The van der Waals surface area contributed by atoms with Crippen molar-refractivity contribution in [3.63, 3.8) is 0 Å². The highest BCUT2D eigenvalue weighted by molar-refractivity contribution is 4.53. The van der Waals surface area contributed by atoms with Crippen LogP contribution in [0.15, 0.2) is 0 Å². The van der Waals surface area contributed by atoms with Gasteiger partial charge >= 0.3 is 0 Å². The predicted octanol–water partition coefficient (Wildman–Crippen LogP) is 6.24. The molecule has 1 heteroatoms. The Kier molecular flexibility index (Phi) is 16.0. The highest BCUT2D eigenvalue weighted by Gasteiger charge is 1.99. The summed E-state index contributed by atoms with van der Waals surface area (Å²) in [5.41, 5.74) is 0. The fraction of sp³-hybridized carbons (Fsp3) is 1.00. The molecule has 0 amide bonds. The Morgan fingerprint density at radius 1 is 0.579 bits per heavy atom. The molecule has 19 heavy (non-hydrogen) atoms. The molecule has 0 rings (SSSR count). The van der Waals surface area contributed by atoms with Crippen molar-refractivity contribution in [2.45, 2.75) is 116 Å². The van der Waals surface area contributed by atoms with Crippen molar-refractivity contribution >= 4 is 0 Å². The summed E-state index contributed by atoms with van der Waals surface area (Å²) in [7, 11) is 0. The summed E-state index contributed by atoms with van der Waals surface area (Å²) in [6.45, 7) is 4.34. The van der Waals surface area contributed by atoms with Crippen molar-refractivity contribution in [1.29, 1.82) is 0 Å². The zero-order valence-corrected chi connectivity index (χ0v) is 13.6. The van der Waals surface area contributed by atoms with Gasteiger partial charge in [0.1, 0.15) is 0 Å². The lowest BCUT2D eigenvalue weighted by Gasteiger charge is -2.06. The lowest BCUT2D eigenvalue weighted by Crippen LogP contribution is -2.03. The van der Waals surface area contributed by atoms with Crippen molar-refractivity contribution in [2.24, 2.45) is 0 Å². The van der Waals surface area contributed by atoms with Gasteiger partial charge in [0.2, 0.25) is 0 Å². The first-order valence-corrected chi connectivity index (χ1v) is 8.99. The van der Waals surface area contributed by atoms with Crippen LogP contribution in [0.4, 0.5) is 0 Å². The molecular weight excluding hydrogens is 232 g/mol. The van der Waals surface area contributed by atoms with Crippen LogP contribution in [-0.4, -0.2) is 11.2 Å². The van der Waals surface area contributed by atoms with Crippen LogP contribution in [0.3, 0.4) is 0 Å². The molecule has 116 valence electrons. The van der Waals surface area contributed by atoms with Crippen LogP contribution in [-0.2, 0) is 0 Å². The van der Waals surface area contributed by atoms with E-state index in [2.05, 4.69) is 13.8 Å². The van der Waals surface area contributed by atoms with E-state index >= 15 is 0 Å². The van der Waals surface area contributed by atoms with Crippen LogP contribution in [0.25, 0.3) is 0 Å². The second kappa shape index (κ2) is 16.0. The van der Waals surface area contributed by atoms with Gasteiger partial charge in [-0.05, 0) is 12.8 Å². The zero-order valence-electron chi connectivity index (χ0n) is 13.6. The lowest BCUT2D eigenvalue weighted by atomic mass is 10.0. The smallest absolute Gasteiger partial charge is 0.0537 e. The Balaban J connectivity index is 2.95. The predicted molar refractivity (Wildman–Crippen MR) is 86.6 cm³/mol. The Morgan fingerprint density at radius 2 is 0.947 bits per heavy atom. The number of hydrogen-bond donors (Lipinski definition) is 1. The SMILES string of the molecule is CCCCCCCCCCCCCCCC(O)CC. The maximum absolute atomic E-state index is 9.44. The van der Waals surface area contributed by atoms with Gasteiger partial charge in [-0.1, -0.05) is 97.3 Å². The Morgan fingerprint density at radius 3 is 1.32 bits per heavy atom. The topological polar surface area (TPSA) is 20.2 Å². The monoisotopic (exact) mass is 270 g/mol. The van der Waals surface area contributed by atoms with Gasteiger partial charge in [0.05, 0.1) is 6.10 Å². The first-order chi connectivity index (χ1) is 9.31. The van der Waals surface area contributed by atoms with E-state index in [0.717, 1.165) is 12.8 Å². The van der Waals surface area contributed by atoms with Crippen LogP contribution in [0, 0.1) is 0 Å². The molecule has 0 spiro atoms. The molecule has 0 saturated heterocycles. The summed E-state index contributed by atoms with van der Waals surface area (Å²) in [6, 6.07) is 0. The fourth-order valence-corrected chi connectivity index (χ4v) is 2.60. The minimum atomic E-state index is -0.0484. The van der Waals surface area contributed by atoms with Gasteiger partial charge in [-0.15, -0.1) is 0 Å². The van der Waals surface area contributed by atoms with Crippen molar-refractivity contribution in [2.75, 3.05) is 0 Å². The molecule has 0 fully saturated rings. The van der Waals surface area contributed by atoms with Crippen molar-refractivity contribution < 1.29 is 5.11 Å². The second-order valence-electron chi connectivity index (χ2n) is 6.09. The lowest BCUT2D eigenvalue weighted by molar-refractivity contribution is 0.156. The molecule has 0 aromatic heterocycles. The third-order valence-corrected chi connectivity index (χ3v) is 4.11. The Bertz CT molecular complexity index is 156. The van der Waals surface area contributed by atoms with Gasteiger partial charge in [0.25, 0.3) is 0 Å². The molecule has 1 unspecified atom stereocenters. The van der Waals surface area contributed by atoms with Crippen LogP contribution < -0.4 is 0 Å². The first-order valence-electron chi connectivity index (χ1n) is 8.99. The average Bonchev–Trinajstić information content (AvgIpc) is 2.43. The third-order valence-electron chi connectivity index (χ3n) is 4.11. The molecule has 0 aliphatic rings. The standard InChI is InChI=1S/C18H38O/c1-3-5-6-7-8-9-10-11-12-13-14-15-16-17-18(19)4-2/h18-19H,3-17H2,1-2H3. The van der Waals surface area contributed by atoms with E-state index < -0.39 is 0 Å². The summed E-state index contributed by atoms with van der Waals surface area (Å²) in [5.74, 6) is 0. The quantitative estimate of drug-likeness (QED) is 0.349. The van der Waals surface area contributed by atoms with Gasteiger partial charge < -0.3 is 5.11 Å². The minimum Gasteiger partial charge on any atom is -0.393 e. The zero-order chi connectivity index (χ0) is 14.2. The number of aliphatic hydroxyl groups excluding tert-OH is 1. The largest absolute Gasteiger partial charge is 0.393 e. The van der Waals surface area contributed by atoms with E-state index in [9.17, 15) is 5.11 Å². The maximum Gasteiger partial charge on any atom is 0.0537 e. The van der Waals surface area contributed by atoms with E-state index in [-0.39, 0.29) is 6.10 Å². The number of rotatable bonds is 15. The highest BCUT2D eigenvalue weighted by atomic mass is 16.3. The first kappa shape index (κ1) is 19.0. The average molecular weight is 271 g/mol. The number of aliphatic hydroxyl groups is 1. The van der Waals surface area contributed by atoms with Gasteiger partial charge in [-0.3, -0.25) is 0 Å². The second-order valence-corrected chi connectivity index (χ2v) is 6.09. The Labute approximate surface area is 122 Å². The molecule has 0 aromatic rings. The van der Waals surface area contributed by atoms with Gasteiger partial charge in [0, 0.05) is 0 Å². The van der Waals surface area contributed by atoms with E-state index in [1.165, 1.54) is 83.5 Å². The summed E-state index contributed by atoms with van der Waals surface area (Å²) < 4.78 is 0. The van der Waals surface area contributed by atoms with Crippen LogP contribution in [0.5, 0.6) is 0 Å². The minimum absolute atomic E-state index is 0.0484. The number of hydrogen-bond acceptors (Lipinski definition) is 1. The highest BCUT2D eigenvalue weighted by Crippen LogP contribution is 2.13. The van der Waals surface area contributed by atoms with Gasteiger partial charge in [0.15, 0.2) is 0 Å². The molecule has 0 aromatic carbocycles. The molecule has 1 N–H and O–H groups in total. The maximum atomic E-state index is 9.44. The fourth-order valence-electron chi connectivity index (χ4n) is 2.60. The van der Waals surface area contributed by atoms with Crippen molar-refractivity contribution in [1.82, 2.24) is 0 Å². The van der Waals surface area contributed by atoms with Crippen molar-refractivity contribution in [3.8, 4) is 0 Å². The molecule has 0 bridgehead atoms. The molecule has 0 aliphatic carbocycles. The van der Waals surface area contributed by atoms with Crippen LogP contribution >= 0.6 is 0 Å². The summed E-state index contributed by atoms with van der Waals surface area (Å²) in [5, 5.41) is 9.44. The normalized spacial score (nSPS) is 12.8. The molecule has 0 saturated carbocycles. The van der Waals surface area contributed by atoms with E-state index in [4.69, 9.17) is 0 Å². The van der Waals surface area contributed by atoms with E-state index in [1.807, 2.05) is 0 Å². The van der Waals surface area contributed by atoms with Crippen LogP contribution in [0.1, 0.15) is 110 Å². The third kappa shape index (κ3) is 15.9.